The largest absolute Gasteiger partial charge is 0.360 e. The lowest BCUT2D eigenvalue weighted by Gasteiger charge is -2.43. The number of rotatable bonds is 4. The molecule has 0 aliphatic heterocycles. The maximum atomic E-state index is 11.9. The summed E-state index contributed by atoms with van der Waals surface area (Å²) in [6.45, 7) is 2.45. The number of hydrogen-bond acceptors (Lipinski definition) is 4. The van der Waals surface area contributed by atoms with E-state index >= 15 is 0 Å². The Morgan fingerprint density at radius 3 is 2.65 bits per heavy atom. The van der Waals surface area contributed by atoms with Gasteiger partial charge in [0.25, 0.3) is 0 Å². The number of aromatic nitrogens is 1. The molecule has 1 fully saturated rings. The summed E-state index contributed by atoms with van der Waals surface area (Å²) in [6.07, 6.45) is 6.00. The second-order valence-corrected chi connectivity index (χ2v) is 5.81. The van der Waals surface area contributed by atoms with Crippen molar-refractivity contribution >= 4 is 11.8 Å². The third kappa shape index (κ3) is 3.50. The van der Waals surface area contributed by atoms with E-state index in [2.05, 4.69) is 34.8 Å². The number of hydrogen-bond donors (Lipinski definition) is 2. The Kier molecular flexibility index (Phi) is 4.65. The smallest absolute Gasteiger partial charge is 0.320 e. The third-order valence-electron chi connectivity index (χ3n) is 4.18. The van der Waals surface area contributed by atoms with Crippen molar-refractivity contribution in [2.45, 2.75) is 44.6 Å². The highest BCUT2D eigenvalue weighted by Gasteiger charge is 2.34. The maximum absolute atomic E-state index is 11.9. The van der Waals surface area contributed by atoms with Crippen molar-refractivity contribution in [3.05, 3.63) is 11.8 Å². The molecule has 0 aromatic carbocycles. The summed E-state index contributed by atoms with van der Waals surface area (Å²) >= 11 is 0. The van der Waals surface area contributed by atoms with Crippen LogP contribution in [0, 0.1) is 6.92 Å². The molecule has 0 radical (unpaired) electrons. The first-order valence-electron chi connectivity index (χ1n) is 7.17. The van der Waals surface area contributed by atoms with Crippen molar-refractivity contribution in [1.29, 1.82) is 0 Å². The molecule has 1 aliphatic rings. The zero-order valence-electron chi connectivity index (χ0n) is 12.5. The molecular formula is C14H24N4O2. The Hall–Kier alpha value is -1.56. The van der Waals surface area contributed by atoms with Gasteiger partial charge in [-0.2, -0.15) is 0 Å². The van der Waals surface area contributed by atoms with Gasteiger partial charge in [0.1, 0.15) is 5.76 Å². The van der Waals surface area contributed by atoms with Gasteiger partial charge in [-0.15, -0.1) is 0 Å². The molecule has 1 saturated carbocycles. The van der Waals surface area contributed by atoms with Gasteiger partial charge in [-0.3, -0.25) is 5.32 Å². The molecule has 1 heterocycles. The monoisotopic (exact) mass is 280 g/mol. The number of amides is 2. The first-order valence-corrected chi connectivity index (χ1v) is 7.17. The fourth-order valence-electron chi connectivity index (χ4n) is 2.82. The van der Waals surface area contributed by atoms with Crippen LogP contribution in [0.1, 0.15) is 37.9 Å². The fraction of sp³-hybridized carbons (Fsp3) is 0.714. The summed E-state index contributed by atoms with van der Waals surface area (Å²) in [5.74, 6) is 1.12. The van der Waals surface area contributed by atoms with Crippen molar-refractivity contribution in [3.63, 3.8) is 0 Å². The van der Waals surface area contributed by atoms with Gasteiger partial charge < -0.3 is 14.7 Å². The Labute approximate surface area is 119 Å². The molecule has 0 saturated heterocycles. The minimum atomic E-state index is -0.231. The van der Waals surface area contributed by atoms with Gasteiger partial charge in [0.05, 0.1) is 0 Å². The molecule has 6 heteroatoms. The molecule has 1 aromatic rings. The molecule has 112 valence electrons. The summed E-state index contributed by atoms with van der Waals surface area (Å²) in [7, 11) is 4.18. The fourth-order valence-corrected chi connectivity index (χ4v) is 2.82. The van der Waals surface area contributed by atoms with Gasteiger partial charge in [0.15, 0.2) is 5.82 Å². The highest BCUT2D eigenvalue weighted by atomic mass is 16.5. The minimum Gasteiger partial charge on any atom is -0.360 e. The Morgan fingerprint density at radius 2 is 2.10 bits per heavy atom. The first-order chi connectivity index (χ1) is 9.52. The van der Waals surface area contributed by atoms with Crippen LogP contribution in [0.5, 0.6) is 0 Å². The van der Waals surface area contributed by atoms with Crippen LogP contribution in [-0.2, 0) is 0 Å². The third-order valence-corrected chi connectivity index (χ3v) is 4.18. The number of likely N-dealkylation sites (N-methyl/N-ethyl adjacent to an activating group) is 1. The summed E-state index contributed by atoms with van der Waals surface area (Å²) in [4.78, 5) is 14.1. The van der Waals surface area contributed by atoms with E-state index in [1.54, 1.807) is 13.0 Å². The van der Waals surface area contributed by atoms with E-state index in [1.807, 2.05) is 0 Å². The molecule has 0 spiro atoms. The van der Waals surface area contributed by atoms with E-state index in [0.717, 1.165) is 12.8 Å². The van der Waals surface area contributed by atoms with Gasteiger partial charge in [-0.1, -0.05) is 24.4 Å². The molecular weight excluding hydrogens is 256 g/mol. The van der Waals surface area contributed by atoms with Gasteiger partial charge >= 0.3 is 6.03 Å². The predicted molar refractivity (Wildman–Crippen MR) is 77.8 cm³/mol. The zero-order valence-corrected chi connectivity index (χ0v) is 12.5. The maximum Gasteiger partial charge on any atom is 0.320 e. The SMILES string of the molecule is Cc1cc(NC(=O)NCC2(N(C)C)CCCCC2)no1. The van der Waals surface area contributed by atoms with Gasteiger partial charge in [-0.05, 0) is 33.9 Å². The van der Waals surface area contributed by atoms with Crippen LogP contribution in [0.3, 0.4) is 0 Å². The average molecular weight is 280 g/mol. The van der Waals surface area contributed by atoms with Crippen LogP contribution in [0.15, 0.2) is 10.6 Å². The van der Waals surface area contributed by atoms with Crippen molar-refractivity contribution in [3.8, 4) is 0 Å². The second kappa shape index (κ2) is 6.26. The lowest BCUT2D eigenvalue weighted by molar-refractivity contribution is 0.101. The van der Waals surface area contributed by atoms with Crippen molar-refractivity contribution < 1.29 is 9.32 Å². The molecule has 0 atom stereocenters. The van der Waals surface area contributed by atoms with E-state index in [0.29, 0.717) is 18.1 Å². The van der Waals surface area contributed by atoms with Crippen molar-refractivity contribution in [2.24, 2.45) is 0 Å². The topological polar surface area (TPSA) is 70.4 Å². The van der Waals surface area contributed by atoms with Crippen LogP contribution in [0.2, 0.25) is 0 Å². The number of carbonyl (C=O) groups is 1. The number of carbonyl (C=O) groups excluding carboxylic acids is 1. The van der Waals surface area contributed by atoms with Crippen LogP contribution >= 0.6 is 0 Å². The number of urea groups is 1. The molecule has 2 N–H and O–H groups in total. The Morgan fingerprint density at radius 1 is 1.40 bits per heavy atom. The van der Waals surface area contributed by atoms with Gasteiger partial charge in [-0.25, -0.2) is 4.79 Å². The standard InChI is InChI=1S/C14H24N4O2/c1-11-9-12(17-20-11)16-13(19)15-10-14(18(2)3)7-5-4-6-8-14/h9H,4-8,10H2,1-3H3,(H2,15,16,17,19). The van der Waals surface area contributed by atoms with E-state index < -0.39 is 0 Å². The van der Waals surface area contributed by atoms with Crippen LogP contribution in [0.4, 0.5) is 10.6 Å². The summed E-state index contributed by atoms with van der Waals surface area (Å²) in [5.41, 5.74) is 0.0787. The molecule has 1 aromatic heterocycles. The molecule has 0 unspecified atom stereocenters. The summed E-state index contributed by atoms with van der Waals surface area (Å²) in [6, 6.07) is 1.46. The average Bonchev–Trinajstić information content (AvgIpc) is 2.83. The highest BCUT2D eigenvalue weighted by Crippen LogP contribution is 2.31. The second-order valence-electron chi connectivity index (χ2n) is 5.81. The first kappa shape index (κ1) is 14.8. The summed E-state index contributed by atoms with van der Waals surface area (Å²) in [5, 5.41) is 9.39. The van der Waals surface area contributed by atoms with E-state index in [4.69, 9.17) is 4.52 Å². The van der Waals surface area contributed by atoms with Crippen LogP contribution in [-0.4, -0.2) is 42.3 Å². The lowest BCUT2D eigenvalue weighted by atomic mass is 9.80. The predicted octanol–water partition coefficient (Wildman–Crippen LogP) is 2.37. The zero-order chi connectivity index (χ0) is 14.6. The number of nitrogens with one attached hydrogen (secondary N) is 2. The Balaban J connectivity index is 1.87. The highest BCUT2D eigenvalue weighted by molar-refractivity contribution is 5.88. The Bertz CT molecular complexity index is 450. The van der Waals surface area contributed by atoms with Crippen LogP contribution in [0.25, 0.3) is 0 Å². The van der Waals surface area contributed by atoms with Gasteiger partial charge in [0, 0.05) is 18.2 Å². The molecule has 6 nitrogen and oxygen atoms in total. The van der Waals surface area contributed by atoms with Crippen molar-refractivity contribution in [1.82, 2.24) is 15.4 Å². The number of aryl methyl sites for hydroxylation is 1. The van der Waals surface area contributed by atoms with E-state index in [1.165, 1.54) is 19.3 Å². The normalized spacial score (nSPS) is 18.0. The lowest BCUT2D eigenvalue weighted by Crippen LogP contribution is -2.54. The number of anilines is 1. The summed E-state index contributed by atoms with van der Waals surface area (Å²) < 4.78 is 4.92. The minimum absolute atomic E-state index is 0.0787. The molecule has 0 bridgehead atoms. The number of nitrogens with zero attached hydrogens (tertiary/aromatic N) is 2. The van der Waals surface area contributed by atoms with E-state index in [9.17, 15) is 4.79 Å². The molecule has 1 aliphatic carbocycles. The quantitative estimate of drug-likeness (QED) is 0.888. The van der Waals surface area contributed by atoms with Crippen molar-refractivity contribution in [2.75, 3.05) is 26.0 Å². The van der Waals surface area contributed by atoms with Crippen LogP contribution < -0.4 is 10.6 Å². The van der Waals surface area contributed by atoms with E-state index in [-0.39, 0.29) is 11.6 Å². The molecule has 2 rings (SSSR count). The van der Waals surface area contributed by atoms with Gasteiger partial charge in [0.2, 0.25) is 0 Å². The molecule has 2 amide bonds. The molecule has 20 heavy (non-hydrogen) atoms.